The number of aromatic nitrogens is 2. The van der Waals surface area contributed by atoms with Crippen molar-refractivity contribution in [2.75, 3.05) is 12.3 Å². The lowest BCUT2D eigenvalue weighted by molar-refractivity contribution is 0.617. The fourth-order valence-electron chi connectivity index (χ4n) is 1.83. The number of aryl methyl sites for hydroxylation is 1. The van der Waals surface area contributed by atoms with Gasteiger partial charge in [0.05, 0.1) is 11.4 Å². The van der Waals surface area contributed by atoms with Gasteiger partial charge in [0.25, 0.3) is 0 Å². The van der Waals surface area contributed by atoms with Crippen molar-refractivity contribution in [3.63, 3.8) is 0 Å². The first kappa shape index (κ1) is 10.9. The molecule has 0 spiro atoms. The van der Waals surface area contributed by atoms with Crippen molar-refractivity contribution in [3.05, 3.63) is 22.8 Å². The third-order valence-electron chi connectivity index (χ3n) is 2.62. The van der Waals surface area contributed by atoms with E-state index in [0.29, 0.717) is 0 Å². The van der Waals surface area contributed by atoms with E-state index in [9.17, 15) is 0 Å². The smallest absolute Gasteiger partial charge is 0.138 e. The van der Waals surface area contributed by atoms with Gasteiger partial charge in [-0.05, 0) is 12.7 Å². The van der Waals surface area contributed by atoms with Crippen LogP contribution >= 0.6 is 11.8 Å². The molecule has 0 saturated heterocycles. The van der Waals surface area contributed by atoms with Crippen LogP contribution in [0.25, 0.3) is 0 Å². The largest absolute Gasteiger partial charge is 0.312 e. The first-order chi connectivity index (χ1) is 7.31. The molecule has 1 aliphatic rings. The topological polar surface area (TPSA) is 37.8 Å². The normalized spacial score (nSPS) is 15.1. The summed E-state index contributed by atoms with van der Waals surface area (Å²) in [5.41, 5.74) is 3.72. The van der Waals surface area contributed by atoms with Gasteiger partial charge in [0, 0.05) is 30.8 Å². The maximum absolute atomic E-state index is 4.64. The lowest BCUT2D eigenvalue weighted by atomic mass is 10.1. The Balaban J connectivity index is 2.24. The fourth-order valence-corrected chi connectivity index (χ4v) is 2.35. The standard InChI is InChI=1S/C11H17N3S/c1-3-15-7-11-13-8(2)9-6-12-5-4-10(9)14-11/h12H,3-7H2,1-2H3. The zero-order valence-electron chi connectivity index (χ0n) is 9.34. The van der Waals surface area contributed by atoms with Crippen molar-refractivity contribution in [1.82, 2.24) is 15.3 Å². The van der Waals surface area contributed by atoms with Gasteiger partial charge < -0.3 is 5.32 Å². The monoisotopic (exact) mass is 223 g/mol. The van der Waals surface area contributed by atoms with Crippen molar-refractivity contribution in [3.8, 4) is 0 Å². The second-order valence-electron chi connectivity index (χ2n) is 3.71. The molecule has 0 radical (unpaired) electrons. The van der Waals surface area contributed by atoms with Crippen molar-refractivity contribution in [2.45, 2.75) is 32.6 Å². The van der Waals surface area contributed by atoms with E-state index in [2.05, 4.69) is 29.1 Å². The molecule has 0 aliphatic carbocycles. The highest BCUT2D eigenvalue weighted by Crippen LogP contribution is 2.17. The molecule has 0 atom stereocenters. The van der Waals surface area contributed by atoms with E-state index in [-0.39, 0.29) is 0 Å². The van der Waals surface area contributed by atoms with E-state index in [4.69, 9.17) is 0 Å². The van der Waals surface area contributed by atoms with E-state index in [1.54, 1.807) is 0 Å². The minimum absolute atomic E-state index is 0.933. The molecule has 0 unspecified atom stereocenters. The van der Waals surface area contributed by atoms with E-state index >= 15 is 0 Å². The van der Waals surface area contributed by atoms with Gasteiger partial charge in [0.2, 0.25) is 0 Å². The highest BCUT2D eigenvalue weighted by molar-refractivity contribution is 7.98. The molecule has 4 heteroatoms. The van der Waals surface area contributed by atoms with Crippen LogP contribution in [0.15, 0.2) is 0 Å². The van der Waals surface area contributed by atoms with Crippen molar-refractivity contribution in [1.29, 1.82) is 0 Å². The molecule has 0 amide bonds. The third kappa shape index (κ3) is 2.49. The van der Waals surface area contributed by atoms with Crippen LogP contribution in [0.1, 0.15) is 29.7 Å². The van der Waals surface area contributed by atoms with Gasteiger partial charge in [-0.1, -0.05) is 6.92 Å². The lowest BCUT2D eigenvalue weighted by Crippen LogP contribution is -2.26. The summed E-state index contributed by atoms with van der Waals surface area (Å²) in [5, 5.41) is 3.36. The lowest BCUT2D eigenvalue weighted by Gasteiger charge is -2.18. The highest BCUT2D eigenvalue weighted by Gasteiger charge is 2.14. The van der Waals surface area contributed by atoms with Crippen molar-refractivity contribution >= 4 is 11.8 Å². The summed E-state index contributed by atoms with van der Waals surface area (Å²) in [4.78, 5) is 9.19. The first-order valence-electron chi connectivity index (χ1n) is 5.45. The van der Waals surface area contributed by atoms with E-state index < -0.39 is 0 Å². The Morgan fingerprint density at radius 1 is 1.40 bits per heavy atom. The van der Waals surface area contributed by atoms with Crippen molar-refractivity contribution < 1.29 is 0 Å². The second-order valence-corrected chi connectivity index (χ2v) is 4.99. The quantitative estimate of drug-likeness (QED) is 0.846. The van der Waals surface area contributed by atoms with Crippen LogP contribution in [-0.4, -0.2) is 22.3 Å². The van der Waals surface area contributed by atoms with Crippen LogP contribution in [0.3, 0.4) is 0 Å². The van der Waals surface area contributed by atoms with E-state index in [0.717, 1.165) is 42.5 Å². The predicted octanol–water partition coefficient (Wildman–Crippen LogP) is 1.68. The molecule has 3 nitrogen and oxygen atoms in total. The zero-order chi connectivity index (χ0) is 10.7. The van der Waals surface area contributed by atoms with E-state index in [1.165, 1.54) is 11.3 Å². The summed E-state index contributed by atoms with van der Waals surface area (Å²) >= 11 is 1.88. The molecule has 0 bridgehead atoms. The Morgan fingerprint density at radius 2 is 2.27 bits per heavy atom. The number of nitrogens with one attached hydrogen (secondary N) is 1. The van der Waals surface area contributed by atoms with Crippen molar-refractivity contribution in [2.24, 2.45) is 0 Å². The van der Waals surface area contributed by atoms with Crippen LogP contribution in [0.2, 0.25) is 0 Å². The molecule has 2 heterocycles. The Morgan fingerprint density at radius 3 is 3.07 bits per heavy atom. The maximum Gasteiger partial charge on any atom is 0.138 e. The SMILES string of the molecule is CCSCc1nc(C)c2c(n1)CCNC2. The predicted molar refractivity (Wildman–Crippen MR) is 64.0 cm³/mol. The van der Waals surface area contributed by atoms with E-state index in [1.807, 2.05) is 11.8 Å². The minimum atomic E-state index is 0.933. The molecular formula is C11H17N3S. The number of rotatable bonds is 3. The third-order valence-corrected chi connectivity index (χ3v) is 3.49. The molecular weight excluding hydrogens is 206 g/mol. The molecule has 1 aromatic heterocycles. The molecule has 1 aromatic rings. The number of nitrogens with zero attached hydrogens (tertiary/aromatic N) is 2. The highest BCUT2D eigenvalue weighted by atomic mass is 32.2. The molecule has 0 fully saturated rings. The zero-order valence-corrected chi connectivity index (χ0v) is 10.2. The summed E-state index contributed by atoms with van der Waals surface area (Å²) in [6, 6.07) is 0. The molecule has 15 heavy (non-hydrogen) atoms. The van der Waals surface area contributed by atoms with Gasteiger partial charge in [-0.25, -0.2) is 9.97 Å². The molecule has 82 valence electrons. The summed E-state index contributed by atoms with van der Waals surface area (Å²) in [5.74, 6) is 3.07. The van der Waals surface area contributed by atoms with Gasteiger partial charge >= 0.3 is 0 Å². The molecule has 1 N–H and O–H groups in total. The number of hydrogen-bond acceptors (Lipinski definition) is 4. The molecule has 0 saturated carbocycles. The molecule has 1 aliphatic heterocycles. The Hall–Kier alpha value is -0.610. The fraction of sp³-hybridized carbons (Fsp3) is 0.636. The van der Waals surface area contributed by atoms with Crippen LogP contribution in [0.4, 0.5) is 0 Å². The maximum atomic E-state index is 4.64. The molecule has 2 rings (SSSR count). The number of fused-ring (bicyclic) bond motifs is 1. The van der Waals surface area contributed by atoms with Crippen LogP contribution in [0.5, 0.6) is 0 Å². The van der Waals surface area contributed by atoms with Gasteiger partial charge in [-0.3, -0.25) is 0 Å². The summed E-state index contributed by atoms with van der Waals surface area (Å²) in [7, 11) is 0. The summed E-state index contributed by atoms with van der Waals surface area (Å²) in [6.07, 6.45) is 1.04. The average Bonchev–Trinajstić information content (AvgIpc) is 2.26. The first-order valence-corrected chi connectivity index (χ1v) is 6.60. The summed E-state index contributed by atoms with van der Waals surface area (Å²) < 4.78 is 0. The summed E-state index contributed by atoms with van der Waals surface area (Å²) in [6.45, 7) is 6.24. The minimum Gasteiger partial charge on any atom is -0.312 e. The van der Waals surface area contributed by atoms with Gasteiger partial charge in [0.1, 0.15) is 5.82 Å². The Kier molecular flexibility index (Phi) is 3.59. The van der Waals surface area contributed by atoms with Gasteiger partial charge in [-0.2, -0.15) is 11.8 Å². The number of hydrogen-bond donors (Lipinski definition) is 1. The Bertz CT molecular complexity index is 352. The van der Waals surface area contributed by atoms with Gasteiger partial charge in [-0.15, -0.1) is 0 Å². The van der Waals surface area contributed by atoms with Crippen LogP contribution in [-0.2, 0) is 18.7 Å². The van der Waals surface area contributed by atoms with Crippen LogP contribution in [0, 0.1) is 6.92 Å². The van der Waals surface area contributed by atoms with Crippen LogP contribution < -0.4 is 5.32 Å². The average molecular weight is 223 g/mol. The Labute approximate surface area is 95.1 Å². The number of thioether (sulfide) groups is 1. The second kappa shape index (κ2) is 4.94. The van der Waals surface area contributed by atoms with Gasteiger partial charge in [0.15, 0.2) is 0 Å². The molecule has 0 aromatic carbocycles.